The number of carbonyl (C=O) groups is 1. The molecule has 5 aromatic rings. The van der Waals surface area contributed by atoms with Gasteiger partial charge in [-0.3, -0.25) is 4.79 Å². The van der Waals surface area contributed by atoms with Gasteiger partial charge < -0.3 is 14.5 Å². The summed E-state index contributed by atoms with van der Waals surface area (Å²) < 4.78 is 11.4. The lowest BCUT2D eigenvalue weighted by atomic mass is 9.97. The van der Waals surface area contributed by atoms with Crippen molar-refractivity contribution in [3.63, 3.8) is 0 Å². The Balaban J connectivity index is 1.47. The van der Waals surface area contributed by atoms with E-state index in [4.69, 9.17) is 9.15 Å². The molecule has 4 aromatic carbocycles. The van der Waals surface area contributed by atoms with Crippen LogP contribution in [-0.2, 0) is 0 Å². The molecule has 1 amide bonds. The Labute approximate surface area is 204 Å². The molecule has 0 aliphatic rings. The third-order valence-electron chi connectivity index (χ3n) is 5.80. The van der Waals surface area contributed by atoms with Crippen molar-refractivity contribution in [3.05, 3.63) is 132 Å². The highest BCUT2D eigenvalue weighted by atomic mass is 16.5. The lowest BCUT2D eigenvalue weighted by molar-refractivity contribution is 0.0943. The molecule has 0 bridgehead atoms. The highest BCUT2D eigenvalue weighted by molar-refractivity contribution is 6.00. The molecular weight excluding hydrogens is 436 g/mol. The maximum atomic E-state index is 13.6. The first kappa shape index (κ1) is 22.2. The molecule has 0 aliphatic heterocycles. The molecule has 1 heterocycles. The van der Waals surface area contributed by atoms with E-state index >= 15 is 0 Å². The number of hydrogen-bond donors (Lipinski definition) is 1. The summed E-state index contributed by atoms with van der Waals surface area (Å²) in [6.45, 7) is 0. The second kappa shape index (κ2) is 10.1. The summed E-state index contributed by atoms with van der Waals surface area (Å²) in [5, 5.41) is 3.20. The second-order valence-corrected chi connectivity index (χ2v) is 8.04. The lowest BCUT2D eigenvalue weighted by Gasteiger charge is -2.20. The largest absolute Gasteiger partial charge is 0.497 e. The topological polar surface area (TPSA) is 64.4 Å². The van der Waals surface area contributed by atoms with Crippen molar-refractivity contribution < 1.29 is 13.9 Å². The van der Waals surface area contributed by atoms with Gasteiger partial charge in [-0.05, 0) is 35.4 Å². The van der Waals surface area contributed by atoms with Gasteiger partial charge in [-0.2, -0.15) is 0 Å². The van der Waals surface area contributed by atoms with Gasteiger partial charge in [0.2, 0.25) is 5.89 Å². The van der Waals surface area contributed by atoms with Gasteiger partial charge in [-0.1, -0.05) is 84.9 Å². The Kier molecular flexibility index (Phi) is 6.39. The summed E-state index contributed by atoms with van der Waals surface area (Å²) >= 11 is 0. The Morgan fingerprint density at radius 1 is 0.829 bits per heavy atom. The number of nitrogens with one attached hydrogen (secondary N) is 1. The molecule has 0 saturated heterocycles. The van der Waals surface area contributed by atoms with Crippen LogP contribution in [0.15, 0.2) is 120 Å². The zero-order valence-corrected chi connectivity index (χ0v) is 19.2. The Morgan fingerprint density at radius 3 is 2.17 bits per heavy atom. The normalized spacial score (nSPS) is 10.8. The van der Waals surface area contributed by atoms with Gasteiger partial charge >= 0.3 is 0 Å². The summed E-state index contributed by atoms with van der Waals surface area (Å²) in [6, 6.07) is 34.5. The van der Waals surface area contributed by atoms with Crippen molar-refractivity contribution in [2.24, 2.45) is 0 Å². The van der Waals surface area contributed by atoms with E-state index in [-0.39, 0.29) is 11.9 Å². The minimum absolute atomic E-state index is 0.209. The third-order valence-corrected chi connectivity index (χ3v) is 5.80. The summed E-state index contributed by atoms with van der Waals surface area (Å²) in [4.78, 5) is 18.0. The van der Waals surface area contributed by atoms with Crippen molar-refractivity contribution in [2.75, 3.05) is 7.11 Å². The Bertz CT molecular complexity index is 1390. The van der Waals surface area contributed by atoms with Crippen LogP contribution in [0.2, 0.25) is 0 Å². The van der Waals surface area contributed by atoms with Gasteiger partial charge in [-0.15, -0.1) is 0 Å². The Morgan fingerprint density at radius 2 is 1.49 bits per heavy atom. The molecule has 1 aromatic heterocycles. The first-order valence-electron chi connectivity index (χ1n) is 11.3. The fraction of sp³-hybridized carbons (Fsp3) is 0.0667. The molecule has 5 heteroatoms. The standard InChI is InChI=1S/C30H24N2O3/c1-34-24-16-10-15-23(19-24)27-20-31-30(35-27)26-18-9-8-17-25(26)29(33)32-28(21-11-4-2-5-12-21)22-13-6-3-7-14-22/h2-20,28H,1H3,(H,32,33). The number of nitrogens with zero attached hydrogens (tertiary/aromatic N) is 1. The van der Waals surface area contributed by atoms with Crippen LogP contribution in [0.25, 0.3) is 22.8 Å². The maximum absolute atomic E-state index is 13.6. The van der Waals surface area contributed by atoms with Gasteiger partial charge in [0, 0.05) is 11.1 Å². The number of ether oxygens (including phenoxy) is 1. The molecule has 1 N–H and O–H groups in total. The average molecular weight is 461 g/mol. The Hall–Kier alpha value is -4.64. The summed E-state index contributed by atoms with van der Waals surface area (Å²) in [7, 11) is 1.62. The van der Waals surface area contributed by atoms with Crippen molar-refractivity contribution in [2.45, 2.75) is 6.04 Å². The fourth-order valence-electron chi connectivity index (χ4n) is 4.03. The number of benzene rings is 4. The molecule has 0 saturated carbocycles. The molecule has 172 valence electrons. The molecule has 0 atom stereocenters. The zero-order valence-electron chi connectivity index (χ0n) is 19.2. The van der Waals surface area contributed by atoms with E-state index in [1.165, 1.54) is 0 Å². The van der Waals surface area contributed by atoms with Crippen molar-refractivity contribution >= 4 is 5.91 Å². The molecule has 5 nitrogen and oxygen atoms in total. The number of carbonyl (C=O) groups excluding carboxylic acids is 1. The van der Waals surface area contributed by atoms with Crippen LogP contribution >= 0.6 is 0 Å². The van der Waals surface area contributed by atoms with Crippen LogP contribution in [0.4, 0.5) is 0 Å². The minimum Gasteiger partial charge on any atom is -0.497 e. The van der Waals surface area contributed by atoms with Crippen molar-refractivity contribution in [3.8, 4) is 28.5 Å². The SMILES string of the molecule is COc1cccc(-c2cnc(-c3ccccc3C(=O)NC(c3ccccc3)c3ccccc3)o2)c1. The predicted molar refractivity (Wildman–Crippen MR) is 136 cm³/mol. The molecular formula is C30H24N2O3. The summed E-state index contributed by atoms with van der Waals surface area (Å²) in [5.41, 5.74) is 3.96. The molecule has 0 radical (unpaired) electrons. The third kappa shape index (κ3) is 4.84. The average Bonchev–Trinajstić information content (AvgIpc) is 3.43. The number of methoxy groups -OCH3 is 1. The van der Waals surface area contributed by atoms with Crippen LogP contribution in [0, 0.1) is 0 Å². The van der Waals surface area contributed by atoms with E-state index in [9.17, 15) is 4.79 Å². The molecule has 0 unspecified atom stereocenters. The van der Waals surface area contributed by atoms with Gasteiger partial charge in [0.15, 0.2) is 5.76 Å². The number of aromatic nitrogens is 1. The smallest absolute Gasteiger partial charge is 0.252 e. The quantitative estimate of drug-likeness (QED) is 0.300. The molecule has 0 fully saturated rings. The monoisotopic (exact) mass is 460 g/mol. The van der Waals surface area contributed by atoms with E-state index in [0.29, 0.717) is 22.8 Å². The highest BCUT2D eigenvalue weighted by Gasteiger charge is 2.21. The highest BCUT2D eigenvalue weighted by Crippen LogP contribution is 2.30. The summed E-state index contributed by atoms with van der Waals surface area (Å²) in [5.74, 6) is 1.50. The van der Waals surface area contributed by atoms with Crippen LogP contribution in [0.1, 0.15) is 27.5 Å². The van der Waals surface area contributed by atoms with Gasteiger partial charge in [0.05, 0.1) is 24.9 Å². The molecule has 0 aliphatic carbocycles. The van der Waals surface area contributed by atoms with Crippen LogP contribution in [-0.4, -0.2) is 18.0 Å². The first-order chi connectivity index (χ1) is 17.2. The first-order valence-corrected chi connectivity index (χ1v) is 11.3. The molecule has 5 rings (SSSR count). The van der Waals surface area contributed by atoms with E-state index in [0.717, 1.165) is 22.4 Å². The van der Waals surface area contributed by atoms with Gasteiger partial charge in [0.25, 0.3) is 5.91 Å². The van der Waals surface area contributed by atoms with Crippen LogP contribution in [0.5, 0.6) is 5.75 Å². The number of amides is 1. The van der Waals surface area contributed by atoms with Crippen molar-refractivity contribution in [1.82, 2.24) is 10.3 Å². The summed E-state index contributed by atoms with van der Waals surface area (Å²) in [6.07, 6.45) is 1.66. The van der Waals surface area contributed by atoms with E-state index in [1.54, 1.807) is 19.4 Å². The lowest BCUT2D eigenvalue weighted by Crippen LogP contribution is -2.29. The van der Waals surface area contributed by atoms with E-state index < -0.39 is 0 Å². The van der Waals surface area contributed by atoms with Crippen LogP contribution in [0.3, 0.4) is 0 Å². The predicted octanol–water partition coefficient (Wildman–Crippen LogP) is 6.54. The zero-order chi connectivity index (χ0) is 24.0. The minimum atomic E-state index is -0.296. The molecule has 0 spiro atoms. The maximum Gasteiger partial charge on any atom is 0.252 e. The van der Waals surface area contributed by atoms with E-state index in [2.05, 4.69) is 10.3 Å². The number of hydrogen-bond acceptors (Lipinski definition) is 4. The van der Waals surface area contributed by atoms with Gasteiger partial charge in [-0.25, -0.2) is 4.98 Å². The van der Waals surface area contributed by atoms with Crippen molar-refractivity contribution in [1.29, 1.82) is 0 Å². The molecule has 35 heavy (non-hydrogen) atoms. The number of oxazole rings is 1. The van der Waals surface area contributed by atoms with Gasteiger partial charge in [0.1, 0.15) is 5.75 Å². The second-order valence-electron chi connectivity index (χ2n) is 8.04. The number of rotatable bonds is 7. The van der Waals surface area contributed by atoms with E-state index in [1.807, 2.05) is 103 Å². The van der Waals surface area contributed by atoms with Crippen LogP contribution < -0.4 is 10.1 Å². The fourth-order valence-corrected chi connectivity index (χ4v) is 4.03.